The van der Waals surface area contributed by atoms with Crippen LogP contribution in [-0.4, -0.2) is 35.2 Å². The average Bonchev–Trinajstić information content (AvgIpc) is 2.28. The van der Waals surface area contributed by atoms with Crippen LogP contribution in [0.4, 0.5) is 4.79 Å². The minimum Gasteiger partial charge on any atom is -0.391 e. The molecule has 0 saturated heterocycles. The van der Waals surface area contributed by atoms with Gasteiger partial charge >= 0.3 is 6.03 Å². The molecule has 0 aromatic rings. The zero-order chi connectivity index (χ0) is 13.7. The van der Waals surface area contributed by atoms with Gasteiger partial charge in [-0.25, -0.2) is 4.79 Å². The quantitative estimate of drug-likeness (QED) is 0.574. The summed E-state index contributed by atoms with van der Waals surface area (Å²) in [6.45, 7) is 3.66. The van der Waals surface area contributed by atoms with Gasteiger partial charge in [0.25, 0.3) is 0 Å². The Morgan fingerprint density at radius 2 is 1.89 bits per heavy atom. The number of urea groups is 1. The zero-order valence-electron chi connectivity index (χ0n) is 11.0. The van der Waals surface area contributed by atoms with Gasteiger partial charge in [0.05, 0.1) is 12.1 Å². The number of nitrogens with one attached hydrogen (secondary N) is 2. The number of rotatable bonds is 4. The van der Waals surface area contributed by atoms with Gasteiger partial charge in [-0.05, 0) is 18.8 Å². The smallest absolute Gasteiger partial charge is 0.312 e. The van der Waals surface area contributed by atoms with Crippen LogP contribution in [0.3, 0.4) is 0 Å². The van der Waals surface area contributed by atoms with Crippen LogP contribution in [0, 0.1) is 5.92 Å². The molecule has 3 amide bonds. The molecule has 0 heterocycles. The van der Waals surface area contributed by atoms with Crippen LogP contribution in [0.25, 0.3) is 0 Å². The van der Waals surface area contributed by atoms with E-state index in [0.29, 0.717) is 6.42 Å². The molecular formula is C12H23N3O3. The first-order valence-electron chi connectivity index (χ1n) is 6.46. The molecule has 1 rings (SSSR count). The molecule has 1 aliphatic carbocycles. The minimum atomic E-state index is -0.715. The summed E-state index contributed by atoms with van der Waals surface area (Å²) in [5.41, 5.74) is 5.05. The van der Waals surface area contributed by atoms with E-state index >= 15 is 0 Å². The maximum atomic E-state index is 12.0. The van der Waals surface area contributed by atoms with Crippen molar-refractivity contribution < 1.29 is 14.7 Å². The molecule has 0 spiro atoms. The molecule has 104 valence electrons. The largest absolute Gasteiger partial charge is 0.391 e. The monoisotopic (exact) mass is 257 g/mol. The lowest BCUT2D eigenvalue weighted by Gasteiger charge is -2.30. The third kappa shape index (κ3) is 4.18. The summed E-state index contributed by atoms with van der Waals surface area (Å²) in [7, 11) is 0. The number of amides is 3. The Bertz CT molecular complexity index is 307. The Labute approximate surface area is 107 Å². The van der Waals surface area contributed by atoms with E-state index in [1.807, 2.05) is 13.8 Å². The summed E-state index contributed by atoms with van der Waals surface area (Å²) in [6.07, 6.45) is 2.97. The van der Waals surface area contributed by atoms with Crippen molar-refractivity contribution in [3.8, 4) is 0 Å². The van der Waals surface area contributed by atoms with Crippen LogP contribution in [0.1, 0.15) is 39.5 Å². The number of hydrogen-bond donors (Lipinski definition) is 4. The fraction of sp³-hybridized carbons (Fsp3) is 0.833. The van der Waals surface area contributed by atoms with Crippen LogP contribution in [0.15, 0.2) is 0 Å². The third-order valence-electron chi connectivity index (χ3n) is 3.30. The minimum absolute atomic E-state index is 0.0572. The van der Waals surface area contributed by atoms with E-state index in [2.05, 4.69) is 10.6 Å². The molecule has 1 saturated carbocycles. The molecular weight excluding hydrogens is 234 g/mol. The fourth-order valence-corrected chi connectivity index (χ4v) is 2.24. The van der Waals surface area contributed by atoms with Crippen molar-refractivity contribution in [3.63, 3.8) is 0 Å². The Kier molecular flexibility index (Phi) is 5.40. The SMILES string of the molecule is CC(C)C(NC(N)=O)C(=O)NC1CCCCC1O. The molecule has 0 aliphatic heterocycles. The van der Waals surface area contributed by atoms with E-state index < -0.39 is 18.2 Å². The average molecular weight is 257 g/mol. The van der Waals surface area contributed by atoms with Crippen molar-refractivity contribution >= 4 is 11.9 Å². The highest BCUT2D eigenvalue weighted by Gasteiger charge is 2.29. The van der Waals surface area contributed by atoms with Crippen LogP contribution in [-0.2, 0) is 4.79 Å². The molecule has 0 bridgehead atoms. The van der Waals surface area contributed by atoms with Gasteiger partial charge in [0, 0.05) is 0 Å². The highest BCUT2D eigenvalue weighted by atomic mass is 16.3. The molecule has 6 heteroatoms. The highest BCUT2D eigenvalue weighted by Crippen LogP contribution is 2.18. The van der Waals surface area contributed by atoms with Gasteiger partial charge in [0.2, 0.25) is 5.91 Å². The molecule has 6 nitrogen and oxygen atoms in total. The topological polar surface area (TPSA) is 104 Å². The molecule has 1 aliphatic rings. The summed E-state index contributed by atoms with van der Waals surface area (Å²) in [5.74, 6) is -0.340. The fourth-order valence-electron chi connectivity index (χ4n) is 2.24. The van der Waals surface area contributed by atoms with Crippen molar-refractivity contribution in [1.29, 1.82) is 0 Å². The second-order valence-corrected chi connectivity index (χ2v) is 5.20. The summed E-state index contributed by atoms with van der Waals surface area (Å²) >= 11 is 0. The predicted molar refractivity (Wildman–Crippen MR) is 67.8 cm³/mol. The van der Waals surface area contributed by atoms with Crippen molar-refractivity contribution in [3.05, 3.63) is 0 Å². The zero-order valence-corrected chi connectivity index (χ0v) is 11.0. The van der Waals surface area contributed by atoms with Crippen LogP contribution >= 0.6 is 0 Å². The van der Waals surface area contributed by atoms with Crippen molar-refractivity contribution in [2.24, 2.45) is 11.7 Å². The number of aliphatic hydroxyl groups is 1. The summed E-state index contributed by atoms with van der Waals surface area (Å²) in [5, 5.41) is 15.0. The van der Waals surface area contributed by atoms with Crippen LogP contribution in [0.2, 0.25) is 0 Å². The Hall–Kier alpha value is -1.30. The van der Waals surface area contributed by atoms with Gasteiger partial charge in [-0.1, -0.05) is 26.7 Å². The maximum Gasteiger partial charge on any atom is 0.312 e. The number of hydrogen-bond acceptors (Lipinski definition) is 3. The first-order valence-corrected chi connectivity index (χ1v) is 6.46. The van der Waals surface area contributed by atoms with Gasteiger partial charge in [-0.2, -0.15) is 0 Å². The molecule has 0 aromatic heterocycles. The molecule has 1 fully saturated rings. The van der Waals surface area contributed by atoms with Crippen LogP contribution < -0.4 is 16.4 Å². The third-order valence-corrected chi connectivity index (χ3v) is 3.30. The number of aliphatic hydroxyl groups excluding tert-OH is 1. The van der Waals surface area contributed by atoms with Crippen molar-refractivity contribution in [1.82, 2.24) is 10.6 Å². The Balaban J connectivity index is 2.57. The lowest BCUT2D eigenvalue weighted by Crippen LogP contribution is -2.55. The molecule has 3 unspecified atom stereocenters. The number of primary amides is 1. The first-order chi connectivity index (χ1) is 8.41. The second kappa shape index (κ2) is 6.58. The molecule has 18 heavy (non-hydrogen) atoms. The second-order valence-electron chi connectivity index (χ2n) is 5.20. The van der Waals surface area contributed by atoms with Gasteiger partial charge in [-0.15, -0.1) is 0 Å². The van der Waals surface area contributed by atoms with E-state index in [9.17, 15) is 14.7 Å². The molecule has 3 atom stereocenters. The van der Waals surface area contributed by atoms with Gasteiger partial charge in [-0.3, -0.25) is 4.79 Å². The summed E-state index contributed by atoms with van der Waals surface area (Å²) in [4.78, 5) is 22.9. The lowest BCUT2D eigenvalue weighted by atomic mass is 9.92. The van der Waals surface area contributed by atoms with Gasteiger partial charge in [0.1, 0.15) is 6.04 Å². The first kappa shape index (κ1) is 14.8. The Morgan fingerprint density at radius 1 is 1.28 bits per heavy atom. The Morgan fingerprint density at radius 3 is 2.39 bits per heavy atom. The normalized spacial score (nSPS) is 25.6. The van der Waals surface area contributed by atoms with Crippen molar-refractivity contribution in [2.45, 2.75) is 57.7 Å². The predicted octanol–water partition coefficient (Wildman–Crippen LogP) is 0.0990. The van der Waals surface area contributed by atoms with E-state index in [1.54, 1.807) is 0 Å². The summed E-state index contributed by atoms with van der Waals surface area (Å²) < 4.78 is 0. The standard InChI is InChI=1S/C12H23N3O3/c1-7(2)10(15-12(13)18)11(17)14-8-5-3-4-6-9(8)16/h7-10,16H,3-6H2,1-2H3,(H,14,17)(H3,13,15,18). The van der Waals surface area contributed by atoms with Gasteiger partial charge < -0.3 is 21.5 Å². The molecule has 5 N–H and O–H groups in total. The van der Waals surface area contributed by atoms with E-state index in [0.717, 1.165) is 19.3 Å². The molecule has 0 aromatic carbocycles. The number of carbonyl (C=O) groups excluding carboxylic acids is 2. The van der Waals surface area contributed by atoms with Crippen LogP contribution in [0.5, 0.6) is 0 Å². The number of nitrogens with two attached hydrogens (primary N) is 1. The number of carbonyl (C=O) groups is 2. The maximum absolute atomic E-state index is 12.0. The van der Waals surface area contributed by atoms with E-state index in [4.69, 9.17) is 5.73 Å². The van der Waals surface area contributed by atoms with E-state index in [1.165, 1.54) is 0 Å². The summed E-state index contributed by atoms with van der Waals surface area (Å²) in [6, 6.07) is -1.59. The molecule has 0 radical (unpaired) electrons. The van der Waals surface area contributed by atoms with E-state index in [-0.39, 0.29) is 17.9 Å². The highest BCUT2D eigenvalue weighted by molar-refractivity contribution is 5.86. The van der Waals surface area contributed by atoms with Crippen molar-refractivity contribution in [2.75, 3.05) is 0 Å². The lowest BCUT2D eigenvalue weighted by molar-refractivity contribution is -0.125. The van der Waals surface area contributed by atoms with Gasteiger partial charge in [0.15, 0.2) is 0 Å².